The zero-order valence-corrected chi connectivity index (χ0v) is 15.2. The van der Waals surface area contributed by atoms with E-state index < -0.39 is 15.8 Å². The van der Waals surface area contributed by atoms with Crippen LogP contribution in [0.5, 0.6) is 0 Å². The smallest absolute Gasteiger partial charge is 0.276 e. The summed E-state index contributed by atoms with van der Waals surface area (Å²) in [5.74, 6) is -0.816. The third-order valence-corrected chi connectivity index (χ3v) is 6.49. The van der Waals surface area contributed by atoms with Gasteiger partial charge in [0.05, 0.1) is 30.3 Å². The normalized spacial score (nSPS) is 19.1. The molecular formula is C16H18FN5O4S. The van der Waals surface area contributed by atoms with Gasteiger partial charge < -0.3 is 9.64 Å². The first-order valence-electron chi connectivity index (χ1n) is 8.50. The third-order valence-electron chi connectivity index (χ3n) is 4.66. The summed E-state index contributed by atoms with van der Waals surface area (Å²) in [7, 11) is -3.75. The van der Waals surface area contributed by atoms with Crippen molar-refractivity contribution < 1.29 is 22.3 Å². The van der Waals surface area contributed by atoms with Crippen molar-refractivity contribution in [2.75, 3.05) is 39.4 Å². The Morgan fingerprint density at radius 2 is 1.96 bits per heavy atom. The van der Waals surface area contributed by atoms with Crippen molar-refractivity contribution >= 4 is 15.9 Å². The standard InChI is InChI=1S/C16H18FN5O4S/c17-12-2-1-3-14(8-12)27(24,25)21-9-13(10-21)22-11-15(18-19-22)16(23)20-4-6-26-7-5-20/h1-3,8,11,13H,4-7,9-10H2. The van der Waals surface area contributed by atoms with Crippen LogP contribution in [0.25, 0.3) is 0 Å². The van der Waals surface area contributed by atoms with Gasteiger partial charge in [0.25, 0.3) is 5.91 Å². The summed E-state index contributed by atoms with van der Waals surface area (Å²) < 4.78 is 46.3. The number of hydrogen-bond acceptors (Lipinski definition) is 6. The van der Waals surface area contributed by atoms with Crippen LogP contribution in [-0.2, 0) is 14.8 Å². The molecule has 0 aliphatic carbocycles. The number of nitrogens with zero attached hydrogens (tertiary/aromatic N) is 5. The van der Waals surface area contributed by atoms with Crippen LogP contribution in [0, 0.1) is 5.82 Å². The number of amides is 1. The molecule has 1 aromatic heterocycles. The first kappa shape index (κ1) is 18.0. The third kappa shape index (κ3) is 3.45. The maximum atomic E-state index is 13.3. The van der Waals surface area contributed by atoms with Crippen LogP contribution in [0.15, 0.2) is 35.4 Å². The summed E-state index contributed by atoms with van der Waals surface area (Å²) in [5.41, 5.74) is 0.225. The van der Waals surface area contributed by atoms with Crippen molar-refractivity contribution in [2.45, 2.75) is 10.9 Å². The summed E-state index contributed by atoms with van der Waals surface area (Å²) in [6, 6.07) is 4.70. The van der Waals surface area contributed by atoms with E-state index in [1.54, 1.807) is 4.90 Å². The molecule has 2 aromatic rings. The van der Waals surface area contributed by atoms with Crippen LogP contribution in [0.1, 0.15) is 16.5 Å². The largest absolute Gasteiger partial charge is 0.378 e. The van der Waals surface area contributed by atoms with Gasteiger partial charge in [-0.25, -0.2) is 17.5 Å². The Kier molecular flexibility index (Phi) is 4.66. The number of sulfonamides is 1. The lowest BCUT2D eigenvalue weighted by Gasteiger charge is -2.37. The van der Waals surface area contributed by atoms with E-state index in [4.69, 9.17) is 4.74 Å². The summed E-state index contributed by atoms with van der Waals surface area (Å²) in [5, 5.41) is 7.88. The Hall–Kier alpha value is -2.37. The van der Waals surface area contributed by atoms with E-state index in [1.807, 2.05) is 0 Å². The number of aromatic nitrogens is 3. The van der Waals surface area contributed by atoms with Gasteiger partial charge in [-0.05, 0) is 18.2 Å². The molecule has 11 heteroatoms. The van der Waals surface area contributed by atoms with Gasteiger partial charge in [-0.1, -0.05) is 11.3 Å². The number of ether oxygens (including phenoxy) is 1. The van der Waals surface area contributed by atoms with Gasteiger partial charge >= 0.3 is 0 Å². The molecule has 1 amide bonds. The zero-order chi connectivity index (χ0) is 19.0. The lowest BCUT2D eigenvalue weighted by Crippen LogP contribution is -2.50. The van der Waals surface area contributed by atoms with Crippen LogP contribution < -0.4 is 0 Å². The fraction of sp³-hybridized carbons (Fsp3) is 0.438. The Labute approximate surface area is 155 Å². The van der Waals surface area contributed by atoms with Crippen molar-refractivity contribution in [1.29, 1.82) is 0 Å². The number of hydrogen-bond donors (Lipinski definition) is 0. The van der Waals surface area contributed by atoms with Crippen LogP contribution in [0.4, 0.5) is 4.39 Å². The number of halogens is 1. The Morgan fingerprint density at radius 3 is 2.67 bits per heavy atom. The Bertz CT molecular complexity index is 951. The lowest BCUT2D eigenvalue weighted by molar-refractivity contribution is 0.0299. The quantitative estimate of drug-likeness (QED) is 0.730. The van der Waals surface area contributed by atoms with Crippen LogP contribution in [-0.4, -0.2) is 77.9 Å². The van der Waals surface area contributed by atoms with Crippen LogP contribution in [0.2, 0.25) is 0 Å². The highest BCUT2D eigenvalue weighted by molar-refractivity contribution is 7.89. The highest BCUT2D eigenvalue weighted by atomic mass is 32.2. The van der Waals surface area contributed by atoms with Gasteiger partial charge in [0.1, 0.15) is 5.82 Å². The molecule has 27 heavy (non-hydrogen) atoms. The molecule has 144 valence electrons. The first-order valence-corrected chi connectivity index (χ1v) is 9.94. The average molecular weight is 395 g/mol. The number of morpholine rings is 1. The van der Waals surface area contributed by atoms with Gasteiger partial charge in [-0.15, -0.1) is 5.10 Å². The van der Waals surface area contributed by atoms with E-state index >= 15 is 0 Å². The monoisotopic (exact) mass is 395 g/mol. The van der Waals surface area contributed by atoms with Gasteiger partial charge in [0.2, 0.25) is 10.0 Å². The van der Waals surface area contributed by atoms with Crippen LogP contribution in [0.3, 0.4) is 0 Å². The number of carbonyl (C=O) groups is 1. The molecule has 2 fully saturated rings. The van der Waals surface area contributed by atoms with E-state index in [-0.39, 0.29) is 35.6 Å². The minimum absolute atomic E-state index is 0.0808. The summed E-state index contributed by atoms with van der Waals surface area (Å²) in [6.07, 6.45) is 1.54. The molecule has 0 atom stereocenters. The van der Waals surface area contributed by atoms with Gasteiger partial charge in [-0.3, -0.25) is 4.79 Å². The van der Waals surface area contributed by atoms with Crippen molar-refractivity contribution in [1.82, 2.24) is 24.2 Å². The summed E-state index contributed by atoms with van der Waals surface area (Å²) in [4.78, 5) is 14.0. The summed E-state index contributed by atoms with van der Waals surface area (Å²) >= 11 is 0. The molecule has 2 saturated heterocycles. The van der Waals surface area contributed by atoms with Crippen molar-refractivity contribution in [3.05, 3.63) is 42.0 Å². The minimum atomic E-state index is -3.75. The predicted octanol–water partition coefficient (Wildman–Crippen LogP) is 0.135. The van der Waals surface area contributed by atoms with Crippen molar-refractivity contribution in [3.63, 3.8) is 0 Å². The van der Waals surface area contributed by atoms with Crippen LogP contribution >= 0.6 is 0 Å². The van der Waals surface area contributed by atoms with E-state index in [0.29, 0.717) is 26.3 Å². The van der Waals surface area contributed by atoms with E-state index in [1.165, 1.54) is 33.4 Å². The first-order chi connectivity index (χ1) is 12.9. The topological polar surface area (TPSA) is 97.6 Å². The molecule has 0 unspecified atom stereocenters. The molecule has 1 aromatic carbocycles. The second kappa shape index (κ2) is 6.98. The van der Waals surface area contributed by atoms with E-state index in [2.05, 4.69) is 10.3 Å². The molecule has 0 N–H and O–H groups in total. The molecule has 0 radical (unpaired) electrons. The van der Waals surface area contributed by atoms with Gasteiger partial charge in [0.15, 0.2) is 5.69 Å². The molecule has 0 saturated carbocycles. The molecule has 2 aliphatic rings. The molecule has 3 heterocycles. The SMILES string of the molecule is O=C(c1cn(C2CN(S(=O)(=O)c3cccc(F)c3)C2)nn1)N1CCOCC1. The number of benzene rings is 1. The lowest BCUT2D eigenvalue weighted by atomic mass is 10.2. The molecule has 2 aliphatic heterocycles. The molecule has 0 bridgehead atoms. The fourth-order valence-electron chi connectivity index (χ4n) is 3.04. The maximum Gasteiger partial charge on any atom is 0.276 e. The van der Waals surface area contributed by atoms with Crippen molar-refractivity contribution in [2.24, 2.45) is 0 Å². The highest BCUT2D eigenvalue weighted by Crippen LogP contribution is 2.28. The van der Waals surface area contributed by atoms with E-state index in [0.717, 1.165) is 6.07 Å². The second-order valence-corrected chi connectivity index (χ2v) is 8.36. The maximum absolute atomic E-state index is 13.3. The number of rotatable bonds is 4. The fourth-order valence-corrected chi connectivity index (χ4v) is 4.59. The van der Waals surface area contributed by atoms with E-state index in [9.17, 15) is 17.6 Å². The minimum Gasteiger partial charge on any atom is -0.378 e. The highest BCUT2D eigenvalue weighted by Gasteiger charge is 2.38. The Morgan fingerprint density at radius 1 is 1.22 bits per heavy atom. The molecule has 0 spiro atoms. The number of carbonyl (C=O) groups excluding carboxylic acids is 1. The van der Waals surface area contributed by atoms with Gasteiger partial charge in [-0.2, -0.15) is 4.31 Å². The molecule has 9 nitrogen and oxygen atoms in total. The van der Waals surface area contributed by atoms with Crippen molar-refractivity contribution in [3.8, 4) is 0 Å². The average Bonchev–Trinajstić information content (AvgIpc) is 3.10. The molecule has 4 rings (SSSR count). The second-order valence-electron chi connectivity index (χ2n) is 6.42. The zero-order valence-electron chi connectivity index (χ0n) is 14.4. The predicted molar refractivity (Wildman–Crippen MR) is 90.9 cm³/mol. The molecular weight excluding hydrogens is 377 g/mol. The Balaban J connectivity index is 1.41. The summed E-state index contributed by atoms with van der Waals surface area (Å²) in [6.45, 7) is 2.38. The van der Waals surface area contributed by atoms with Gasteiger partial charge in [0, 0.05) is 26.2 Å².